The fourth-order valence-corrected chi connectivity index (χ4v) is 2.06. The maximum absolute atomic E-state index is 11.3. The van der Waals surface area contributed by atoms with Crippen molar-refractivity contribution in [3.05, 3.63) is 0 Å². The van der Waals surface area contributed by atoms with E-state index < -0.39 is 0 Å². The van der Waals surface area contributed by atoms with Crippen LogP contribution < -0.4 is 5.32 Å². The molecule has 1 saturated heterocycles. The van der Waals surface area contributed by atoms with Crippen molar-refractivity contribution in [2.75, 3.05) is 19.8 Å². The number of nitrogens with one attached hydrogen (secondary N) is 1. The average molecular weight is 229 g/mol. The maximum atomic E-state index is 11.3. The minimum Gasteiger partial charge on any atom is -0.466 e. The Balaban J connectivity index is 2.21. The maximum Gasteiger partial charge on any atom is 0.307 e. The smallest absolute Gasteiger partial charge is 0.307 e. The van der Waals surface area contributed by atoms with E-state index in [9.17, 15) is 4.79 Å². The predicted octanol–water partition coefficient (Wildman–Crippen LogP) is 1.34. The first-order valence-electron chi connectivity index (χ1n) is 6.13. The van der Waals surface area contributed by atoms with E-state index in [0.29, 0.717) is 25.0 Å². The van der Waals surface area contributed by atoms with Gasteiger partial charge in [0.05, 0.1) is 19.6 Å². The van der Waals surface area contributed by atoms with Crippen molar-refractivity contribution in [3.8, 4) is 0 Å². The largest absolute Gasteiger partial charge is 0.466 e. The van der Waals surface area contributed by atoms with E-state index in [4.69, 9.17) is 9.47 Å². The summed E-state index contributed by atoms with van der Waals surface area (Å²) in [4.78, 5) is 11.3. The van der Waals surface area contributed by atoms with Crippen LogP contribution in [0.2, 0.25) is 0 Å². The second kappa shape index (κ2) is 6.86. The van der Waals surface area contributed by atoms with E-state index in [1.54, 1.807) is 0 Å². The monoisotopic (exact) mass is 229 g/mol. The highest BCUT2D eigenvalue weighted by Gasteiger charge is 2.23. The van der Waals surface area contributed by atoms with Crippen LogP contribution in [-0.2, 0) is 14.3 Å². The summed E-state index contributed by atoms with van der Waals surface area (Å²) in [6, 6.07) is 0.557. The molecular weight excluding hydrogens is 206 g/mol. The van der Waals surface area contributed by atoms with Crippen molar-refractivity contribution >= 4 is 5.97 Å². The highest BCUT2D eigenvalue weighted by molar-refractivity contribution is 5.70. The van der Waals surface area contributed by atoms with Crippen LogP contribution in [0.25, 0.3) is 0 Å². The number of carbonyl (C=O) groups excluding carboxylic acids is 1. The van der Waals surface area contributed by atoms with E-state index >= 15 is 0 Å². The number of ether oxygens (including phenoxy) is 2. The summed E-state index contributed by atoms with van der Waals surface area (Å²) in [7, 11) is 0. The molecule has 1 N–H and O–H groups in total. The SMILES string of the molecule is CCOC(=O)CC(C)NC(C)C1CCOC1. The first kappa shape index (κ1) is 13.5. The normalized spacial score (nSPS) is 24.1. The summed E-state index contributed by atoms with van der Waals surface area (Å²) in [5, 5.41) is 3.43. The van der Waals surface area contributed by atoms with Gasteiger partial charge in [0.25, 0.3) is 0 Å². The van der Waals surface area contributed by atoms with Gasteiger partial charge in [0.2, 0.25) is 0 Å². The Hall–Kier alpha value is -0.610. The van der Waals surface area contributed by atoms with Crippen LogP contribution in [0.15, 0.2) is 0 Å². The van der Waals surface area contributed by atoms with Gasteiger partial charge in [-0.25, -0.2) is 0 Å². The molecule has 4 heteroatoms. The van der Waals surface area contributed by atoms with Gasteiger partial charge >= 0.3 is 5.97 Å². The standard InChI is InChI=1S/C12H23NO3/c1-4-16-12(14)7-9(2)13-10(3)11-5-6-15-8-11/h9-11,13H,4-8H2,1-3H3. The van der Waals surface area contributed by atoms with Gasteiger partial charge in [0.15, 0.2) is 0 Å². The molecule has 0 radical (unpaired) electrons. The number of rotatable bonds is 6. The molecule has 0 saturated carbocycles. The Labute approximate surface area is 97.7 Å². The summed E-state index contributed by atoms with van der Waals surface area (Å²) >= 11 is 0. The summed E-state index contributed by atoms with van der Waals surface area (Å²) in [6.07, 6.45) is 1.55. The van der Waals surface area contributed by atoms with Gasteiger partial charge in [-0.1, -0.05) is 0 Å². The highest BCUT2D eigenvalue weighted by Crippen LogP contribution is 2.17. The summed E-state index contributed by atoms with van der Waals surface area (Å²) in [5.74, 6) is 0.446. The van der Waals surface area contributed by atoms with Crippen molar-refractivity contribution < 1.29 is 14.3 Å². The zero-order valence-corrected chi connectivity index (χ0v) is 10.5. The van der Waals surface area contributed by atoms with Crippen LogP contribution >= 0.6 is 0 Å². The quantitative estimate of drug-likeness (QED) is 0.698. The Morgan fingerprint density at radius 3 is 2.88 bits per heavy atom. The van der Waals surface area contributed by atoms with Crippen LogP contribution in [0.5, 0.6) is 0 Å². The zero-order valence-electron chi connectivity index (χ0n) is 10.5. The Morgan fingerprint density at radius 2 is 2.31 bits per heavy atom. The van der Waals surface area contributed by atoms with Crippen molar-refractivity contribution in [2.24, 2.45) is 5.92 Å². The van der Waals surface area contributed by atoms with Crippen LogP contribution in [0.1, 0.15) is 33.6 Å². The molecule has 3 unspecified atom stereocenters. The molecule has 0 aromatic heterocycles. The summed E-state index contributed by atoms with van der Waals surface area (Å²) < 4.78 is 10.3. The molecule has 0 aliphatic carbocycles. The van der Waals surface area contributed by atoms with Gasteiger partial charge in [-0.15, -0.1) is 0 Å². The summed E-state index contributed by atoms with van der Waals surface area (Å²) in [6.45, 7) is 8.15. The van der Waals surface area contributed by atoms with Crippen LogP contribution in [0.4, 0.5) is 0 Å². The molecule has 1 fully saturated rings. The van der Waals surface area contributed by atoms with E-state index in [1.807, 2.05) is 13.8 Å². The van der Waals surface area contributed by atoms with Crippen LogP contribution in [0, 0.1) is 5.92 Å². The molecule has 3 atom stereocenters. The first-order chi connectivity index (χ1) is 7.63. The molecule has 1 rings (SSSR count). The third-order valence-electron chi connectivity index (χ3n) is 3.00. The third-order valence-corrected chi connectivity index (χ3v) is 3.00. The third kappa shape index (κ3) is 4.49. The molecule has 0 spiro atoms. The van der Waals surface area contributed by atoms with Crippen LogP contribution in [-0.4, -0.2) is 37.9 Å². The van der Waals surface area contributed by atoms with Gasteiger partial charge in [-0.3, -0.25) is 4.79 Å². The Bertz CT molecular complexity index is 214. The minimum atomic E-state index is -0.127. The minimum absolute atomic E-state index is 0.127. The van der Waals surface area contributed by atoms with Crippen LogP contribution in [0.3, 0.4) is 0 Å². The second-order valence-electron chi connectivity index (χ2n) is 4.49. The molecule has 1 heterocycles. The molecular formula is C12H23NO3. The lowest BCUT2D eigenvalue weighted by Crippen LogP contribution is -2.40. The highest BCUT2D eigenvalue weighted by atomic mass is 16.5. The van der Waals surface area contributed by atoms with Gasteiger partial charge in [0, 0.05) is 18.7 Å². The van der Waals surface area contributed by atoms with Crippen molar-refractivity contribution in [1.29, 1.82) is 0 Å². The lowest BCUT2D eigenvalue weighted by Gasteiger charge is -2.23. The van der Waals surface area contributed by atoms with Gasteiger partial charge in [-0.2, -0.15) is 0 Å². The molecule has 1 aliphatic heterocycles. The topological polar surface area (TPSA) is 47.6 Å². The fourth-order valence-electron chi connectivity index (χ4n) is 2.06. The summed E-state index contributed by atoms with van der Waals surface area (Å²) in [5.41, 5.74) is 0. The van der Waals surface area contributed by atoms with E-state index in [2.05, 4.69) is 12.2 Å². The fraction of sp³-hybridized carbons (Fsp3) is 0.917. The Morgan fingerprint density at radius 1 is 1.56 bits per heavy atom. The van der Waals surface area contributed by atoms with Crippen molar-refractivity contribution in [3.63, 3.8) is 0 Å². The molecule has 94 valence electrons. The molecule has 0 aromatic rings. The van der Waals surface area contributed by atoms with E-state index in [0.717, 1.165) is 19.6 Å². The average Bonchev–Trinajstić information content (AvgIpc) is 2.69. The molecule has 1 aliphatic rings. The number of carbonyl (C=O) groups is 1. The number of hydrogen-bond donors (Lipinski definition) is 1. The van der Waals surface area contributed by atoms with Crippen molar-refractivity contribution in [1.82, 2.24) is 5.32 Å². The lowest BCUT2D eigenvalue weighted by molar-refractivity contribution is -0.143. The zero-order chi connectivity index (χ0) is 12.0. The number of hydrogen-bond acceptors (Lipinski definition) is 4. The van der Waals surface area contributed by atoms with Crippen molar-refractivity contribution in [2.45, 2.75) is 45.7 Å². The number of esters is 1. The second-order valence-corrected chi connectivity index (χ2v) is 4.49. The molecule has 4 nitrogen and oxygen atoms in total. The van der Waals surface area contributed by atoms with E-state index in [1.165, 1.54) is 0 Å². The molecule has 16 heavy (non-hydrogen) atoms. The Kier molecular flexibility index (Phi) is 5.77. The predicted molar refractivity (Wildman–Crippen MR) is 62.2 cm³/mol. The lowest BCUT2D eigenvalue weighted by atomic mass is 9.99. The van der Waals surface area contributed by atoms with Gasteiger partial charge in [0.1, 0.15) is 0 Å². The van der Waals surface area contributed by atoms with E-state index in [-0.39, 0.29) is 12.0 Å². The van der Waals surface area contributed by atoms with Gasteiger partial charge in [-0.05, 0) is 33.1 Å². The molecule has 0 bridgehead atoms. The van der Waals surface area contributed by atoms with Gasteiger partial charge < -0.3 is 14.8 Å². The molecule has 0 amide bonds. The first-order valence-corrected chi connectivity index (χ1v) is 6.13. The molecule has 0 aromatic carbocycles.